The van der Waals surface area contributed by atoms with Crippen molar-refractivity contribution in [1.82, 2.24) is 62.7 Å². The Bertz CT molecular complexity index is 3570. The molecule has 524 valence electrons. The number of nitrogens with two attached hydrogens (primary N) is 4. The Morgan fingerprint density at radius 1 is 0.485 bits per heavy atom. The van der Waals surface area contributed by atoms with E-state index in [2.05, 4.69) is 57.8 Å². The molecule has 97 heavy (non-hydrogen) atoms. The van der Waals surface area contributed by atoms with Crippen LogP contribution in [0.5, 0.6) is 0 Å². The fourth-order valence-electron chi connectivity index (χ4n) is 12.4. The normalized spacial score (nSPS) is 17.0. The molecule has 0 radical (unpaired) electrons. The molecule has 0 spiro atoms. The van der Waals surface area contributed by atoms with Gasteiger partial charge in [0.15, 0.2) is 0 Å². The number of rotatable bonds is 38. The molecule has 2 aliphatic rings. The number of amides is 12. The van der Waals surface area contributed by atoms with E-state index in [9.17, 15) is 47.9 Å². The predicted octanol–water partition coefficient (Wildman–Crippen LogP) is 0.536. The molecule has 0 bridgehead atoms. The molecule has 2 aromatic heterocycles. The quantitative estimate of drug-likeness (QED) is 0.0240. The largest absolute Gasteiger partial charge is 0.370 e. The average Bonchev–Trinajstić information content (AvgIpc) is 1.76. The third kappa shape index (κ3) is 22.2. The van der Waals surface area contributed by atoms with Gasteiger partial charge in [-0.05, 0) is 124 Å². The highest BCUT2D eigenvalue weighted by Crippen LogP contribution is 2.24. The van der Waals surface area contributed by atoms with Gasteiger partial charge in [-0.2, -0.15) is 0 Å². The molecule has 12 amide bonds. The predicted molar refractivity (Wildman–Crippen MR) is 363 cm³/mol. The summed E-state index contributed by atoms with van der Waals surface area (Å²) in [6, 6.07) is 10.8. The van der Waals surface area contributed by atoms with Gasteiger partial charge < -0.3 is 85.7 Å². The second-order valence-corrected chi connectivity index (χ2v) is 26.1. The monoisotopic (exact) mass is 1340 g/mol. The molecule has 2 saturated heterocycles. The van der Waals surface area contributed by atoms with Crippen LogP contribution in [-0.2, 0) is 76.8 Å². The Hall–Kier alpha value is -9.70. The van der Waals surface area contributed by atoms with Crippen molar-refractivity contribution in [3.63, 3.8) is 0 Å². The van der Waals surface area contributed by atoms with E-state index in [1.807, 2.05) is 52.0 Å². The van der Waals surface area contributed by atoms with Gasteiger partial charge in [0.25, 0.3) is 0 Å². The summed E-state index contributed by atoms with van der Waals surface area (Å²) < 4.78 is 0. The van der Waals surface area contributed by atoms with E-state index in [1.54, 1.807) is 67.0 Å². The Labute approximate surface area is 563 Å². The van der Waals surface area contributed by atoms with E-state index in [-0.39, 0.29) is 75.7 Å². The first-order chi connectivity index (χ1) is 46.4. The molecule has 0 unspecified atom stereocenters. The molecule has 10 atom stereocenters. The zero-order valence-electron chi connectivity index (χ0n) is 55.7. The number of carbonyl (C=O) groups excluding carboxylic acids is 12. The van der Waals surface area contributed by atoms with E-state index in [1.165, 1.54) is 4.90 Å². The third-order valence-electron chi connectivity index (χ3n) is 17.5. The minimum absolute atomic E-state index is 0.0215. The van der Waals surface area contributed by atoms with Crippen molar-refractivity contribution in [2.24, 2.45) is 34.8 Å². The van der Waals surface area contributed by atoms with Crippen LogP contribution in [0.1, 0.15) is 128 Å². The zero-order chi connectivity index (χ0) is 70.3. The Kier molecular flexibility index (Phi) is 28.0. The van der Waals surface area contributed by atoms with Crippen LogP contribution >= 0.6 is 0 Å². The highest BCUT2D eigenvalue weighted by atomic mass is 16.2. The minimum Gasteiger partial charge on any atom is -0.370 e. The molecule has 0 saturated carbocycles. The van der Waals surface area contributed by atoms with Crippen molar-refractivity contribution in [2.75, 3.05) is 19.6 Å². The van der Waals surface area contributed by atoms with Crippen LogP contribution in [-0.4, -0.2) is 166 Å². The molecule has 2 fully saturated rings. The van der Waals surface area contributed by atoms with Gasteiger partial charge in [-0.25, -0.2) is 0 Å². The molecule has 28 heteroatoms. The summed E-state index contributed by atoms with van der Waals surface area (Å²) in [6.45, 7) is 8.61. The SMILES string of the molecule is CC(C)C[C@H](NC(=O)[C@H](CC(C)C)NC(=O)[C@@H](Cc1c[nH]c2ccccc12)NC(=O)[C@H](Cc1ccccc1)NC(=O)[C@@H](Cc1c[nH]c2ccccc12)NC(=O)[C@H](CCC(N)=O)NC(=O)[C@H](CCC(N)=O)NC(=O)[C@@H]1CCCN1C(=O)[C@H](CCCCN)NC(=O)[C@@H]1CCCN1)C(N)=O. The van der Waals surface area contributed by atoms with Crippen molar-refractivity contribution >= 4 is 92.7 Å². The number of primary amides is 3. The maximum atomic E-state index is 15.3. The van der Waals surface area contributed by atoms with Gasteiger partial charge in [0.2, 0.25) is 70.9 Å². The van der Waals surface area contributed by atoms with Crippen LogP contribution in [0, 0.1) is 11.8 Å². The molecule has 28 nitrogen and oxygen atoms in total. The number of hydrogen-bond donors (Lipinski definition) is 15. The first kappa shape index (κ1) is 74.7. The number of likely N-dealkylation sites (tertiary alicyclic amines) is 1. The van der Waals surface area contributed by atoms with Crippen LogP contribution in [0.2, 0.25) is 0 Å². The summed E-state index contributed by atoms with van der Waals surface area (Å²) in [5.41, 5.74) is 25.9. The summed E-state index contributed by atoms with van der Waals surface area (Å²) >= 11 is 0. The number of nitrogens with one attached hydrogen (secondary N) is 11. The van der Waals surface area contributed by atoms with Crippen molar-refractivity contribution in [3.05, 3.63) is 108 Å². The number of H-pyrrole nitrogens is 2. The zero-order valence-corrected chi connectivity index (χ0v) is 55.7. The van der Waals surface area contributed by atoms with Crippen LogP contribution < -0.4 is 70.8 Å². The number of para-hydroxylation sites is 2. The molecule has 2 aliphatic heterocycles. The topological polar surface area (TPSA) is 452 Å². The van der Waals surface area contributed by atoms with Gasteiger partial charge in [0, 0.05) is 72.8 Å². The number of fused-ring (bicyclic) bond motifs is 2. The number of carbonyl (C=O) groups is 12. The molecule has 3 aromatic carbocycles. The third-order valence-corrected chi connectivity index (χ3v) is 17.5. The fraction of sp³-hybridized carbons (Fsp3) is 0.507. The maximum absolute atomic E-state index is 15.3. The number of aromatic nitrogens is 2. The van der Waals surface area contributed by atoms with Crippen LogP contribution in [0.25, 0.3) is 21.8 Å². The van der Waals surface area contributed by atoms with E-state index < -0.39 is 145 Å². The number of hydrogen-bond acceptors (Lipinski definition) is 14. The maximum Gasteiger partial charge on any atom is 0.245 e. The van der Waals surface area contributed by atoms with Crippen molar-refractivity contribution < 1.29 is 57.5 Å². The van der Waals surface area contributed by atoms with Gasteiger partial charge in [-0.1, -0.05) is 94.4 Å². The van der Waals surface area contributed by atoms with Crippen molar-refractivity contribution in [3.8, 4) is 0 Å². The second kappa shape index (κ2) is 36.4. The Morgan fingerprint density at radius 2 is 0.938 bits per heavy atom. The second-order valence-electron chi connectivity index (χ2n) is 26.1. The lowest BCUT2D eigenvalue weighted by Crippen LogP contribution is -2.61. The Balaban J connectivity index is 1.17. The highest BCUT2D eigenvalue weighted by Gasteiger charge is 2.41. The molecular weight excluding hydrogens is 1240 g/mol. The van der Waals surface area contributed by atoms with E-state index in [0.717, 1.165) is 17.3 Å². The fourth-order valence-corrected chi connectivity index (χ4v) is 12.4. The van der Waals surface area contributed by atoms with Gasteiger partial charge in [0.05, 0.1) is 6.04 Å². The molecule has 7 rings (SSSR count). The Morgan fingerprint density at radius 3 is 1.44 bits per heavy atom. The van der Waals surface area contributed by atoms with Crippen molar-refractivity contribution in [1.29, 1.82) is 0 Å². The summed E-state index contributed by atoms with van der Waals surface area (Å²) in [5.74, 6) is -9.35. The van der Waals surface area contributed by atoms with Crippen LogP contribution in [0.4, 0.5) is 0 Å². The van der Waals surface area contributed by atoms with Gasteiger partial charge in [0.1, 0.15) is 54.4 Å². The minimum atomic E-state index is -1.64. The molecule has 5 aromatic rings. The number of nitrogens with zero attached hydrogens (tertiary/aromatic N) is 1. The number of aromatic amines is 2. The van der Waals surface area contributed by atoms with E-state index >= 15 is 9.59 Å². The highest BCUT2D eigenvalue weighted by molar-refractivity contribution is 6.00. The number of benzene rings is 3. The lowest BCUT2D eigenvalue weighted by atomic mass is 9.98. The van der Waals surface area contributed by atoms with Crippen molar-refractivity contribution in [2.45, 2.75) is 191 Å². The van der Waals surface area contributed by atoms with E-state index in [0.29, 0.717) is 66.4 Å². The van der Waals surface area contributed by atoms with Crippen LogP contribution in [0.3, 0.4) is 0 Å². The first-order valence-corrected chi connectivity index (χ1v) is 33.6. The molecule has 0 aliphatic carbocycles. The summed E-state index contributed by atoms with van der Waals surface area (Å²) in [4.78, 5) is 176. The molecule has 19 N–H and O–H groups in total. The smallest absolute Gasteiger partial charge is 0.245 e. The summed E-state index contributed by atoms with van der Waals surface area (Å²) in [7, 11) is 0. The standard InChI is InChI=1S/C69H96N16O12/c1-39(2)32-52(60(73)88)80-64(92)53(33-40(3)4)81-66(94)56(36-43-38-76-47-21-11-9-19-45(43)47)84-65(93)54(34-41-16-6-5-7-17-41)82-67(95)55(35-42-37-75-46-20-10-8-18-44(42)46)83-63(91)49(25-27-58(71)86)77-62(90)50(26-28-59(72)87)78-68(96)57-24-15-31-85(57)69(97)51(22-12-13-29-70)79-61(89)48-23-14-30-74-48/h5-11,16-21,37-40,48-57,74-76H,12-15,22-36,70H2,1-4H3,(H2,71,86)(H2,72,87)(H2,73,88)(H,77,90)(H,78,96)(H,79,89)(H,80,92)(H,81,94)(H,82,95)(H,83,91)(H,84,93)/t48-,49-,50-,51-,52-,53-,54-,55+,56+,57-/m0/s1. The number of unbranched alkanes of at least 4 members (excludes halogenated alkanes) is 1. The van der Waals surface area contributed by atoms with Gasteiger partial charge in [-0.3, -0.25) is 57.5 Å². The first-order valence-electron chi connectivity index (χ1n) is 33.6. The summed E-state index contributed by atoms with van der Waals surface area (Å²) in [6.07, 6.45) is 4.89. The van der Waals surface area contributed by atoms with Gasteiger partial charge in [-0.15, -0.1) is 0 Å². The van der Waals surface area contributed by atoms with E-state index in [4.69, 9.17) is 22.9 Å². The average molecular weight is 1340 g/mol. The molecular formula is C69H96N16O12. The summed E-state index contributed by atoms with van der Waals surface area (Å²) in [5, 5.41) is 26.7. The van der Waals surface area contributed by atoms with Crippen LogP contribution in [0.15, 0.2) is 91.3 Å². The van der Waals surface area contributed by atoms with Gasteiger partial charge >= 0.3 is 0 Å². The lowest BCUT2D eigenvalue weighted by Gasteiger charge is -2.31. The lowest BCUT2D eigenvalue weighted by molar-refractivity contribution is -0.142. The molecule has 4 heterocycles.